The number of hydrogen-bond acceptors (Lipinski definition) is 4. The predicted molar refractivity (Wildman–Crippen MR) is 118 cm³/mol. The highest BCUT2D eigenvalue weighted by Gasteiger charge is 2.42. The van der Waals surface area contributed by atoms with E-state index in [9.17, 15) is 4.79 Å². The molecule has 1 fully saturated rings. The summed E-state index contributed by atoms with van der Waals surface area (Å²) in [4.78, 5) is 17.5. The molecule has 1 aliphatic heterocycles. The molecule has 2 heterocycles. The Balaban J connectivity index is 1.78. The van der Waals surface area contributed by atoms with E-state index >= 15 is 0 Å². The highest BCUT2D eigenvalue weighted by atomic mass is 79.9. The minimum absolute atomic E-state index is 0.0811. The van der Waals surface area contributed by atoms with Gasteiger partial charge in [-0.05, 0) is 36.7 Å². The van der Waals surface area contributed by atoms with Gasteiger partial charge in [0.05, 0.1) is 24.3 Å². The topological polar surface area (TPSA) is 60.5 Å². The number of nitrogens with zero attached hydrogens (tertiary/aromatic N) is 1. The van der Waals surface area contributed by atoms with Crippen LogP contribution in [0, 0.1) is 0 Å². The van der Waals surface area contributed by atoms with E-state index in [1.54, 1.807) is 6.07 Å². The van der Waals surface area contributed by atoms with E-state index < -0.39 is 8.32 Å². The summed E-state index contributed by atoms with van der Waals surface area (Å²) in [6, 6.07) is 9.47. The van der Waals surface area contributed by atoms with Gasteiger partial charge in [-0.3, -0.25) is 4.79 Å². The first-order chi connectivity index (χ1) is 13.1. The number of para-hydroxylation sites is 1. The van der Waals surface area contributed by atoms with Crippen LogP contribution < -0.4 is 5.32 Å². The predicted octanol–water partition coefficient (Wildman–Crippen LogP) is 4.91. The van der Waals surface area contributed by atoms with Crippen molar-refractivity contribution in [2.45, 2.75) is 57.5 Å². The molecule has 1 saturated heterocycles. The van der Waals surface area contributed by atoms with E-state index in [-0.39, 0.29) is 23.1 Å². The molecule has 5 nitrogen and oxygen atoms in total. The second-order valence-electron chi connectivity index (χ2n) is 8.87. The summed E-state index contributed by atoms with van der Waals surface area (Å²) in [5, 5.41) is 4.24. The van der Waals surface area contributed by atoms with Crippen LogP contribution in [0.1, 0.15) is 37.7 Å². The molecule has 2 atom stereocenters. The minimum Gasteiger partial charge on any atom is -0.409 e. The average molecular weight is 465 g/mol. The number of hydrogen-bond donors (Lipinski definition) is 1. The number of ether oxygens (including phenoxy) is 1. The molecule has 1 amide bonds. The number of carbonyl (C=O) groups is 1. The minimum atomic E-state index is -1.96. The van der Waals surface area contributed by atoms with E-state index in [2.05, 4.69) is 60.1 Å². The van der Waals surface area contributed by atoms with Gasteiger partial charge < -0.3 is 14.5 Å². The van der Waals surface area contributed by atoms with Gasteiger partial charge in [-0.2, -0.15) is 0 Å². The quantitative estimate of drug-likeness (QED) is 0.653. The maximum absolute atomic E-state index is 12.9. The second-order valence-corrected chi connectivity index (χ2v) is 14.5. The Labute approximate surface area is 176 Å². The van der Waals surface area contributed by atoms with E-state index in [0.29, 0.717) is 18.9 Å². The van der Waals surface area contributed by atoms with Crippen molar-refractivity contribution in [1.82, 2.24) is 10.3 Å². The molecule has 1 N–H and O–H groups in total. The highest BCUT2D eigenvalue weighted by Crippen LogP contribution is 2.38. The van der Waals surface area contributed by atoms with Crippen molar-refractivity contribution in [1.29, 1.82) is 0 Å². The van der Waals surface area contributed by atoms with Crippen molar-refractivity contribution in [3.63, 3.8) is 0 Å². The van der Waals surface area contributed by atoms with Crippen LogP contribution in [0.3, 0.4) is 0 Å². The molecule has 0 bridgehead atoms. The van der Waals surface area contributed by atoms with E-state index in [1.165, 1.54) is 0 Å². The van der Waals surface area contributed by atoms with Gasteiger partial charge in [0.2, 0.25) is 0 Å². The van der Waals surface area contributed by atoms with Crippen molar-refractivity contribution in [2.24, 2.45) is 0 Å². The fraction of sp³-hybridized carbons (Fsp3) is 0.524. The molecule has 1 aromatic heterocycles. The van der Waals surface area contributed by atoms with Crippen LogP contribution >= 0.6 is 15.9 Å². The summed E-state index contributed by atoms with van der Waals surface area (Å²) in [5.74, 6) is -0.179. The first-order valence-electron chi connectivity index (χ1n) is 9.70. The van der Waals surface area contributed by atoms with Gasteiger partial charge in [-0.15, -0.1) is 0 Å². The summed E-state index contributed by atoms with van der Waals surface area (Å²) < 4.78 is 13.1. The van der Waals surface area contributed by atoms with Gasteiger partial charge in [-0.1, -0.05) is 54.9 Å². The van der Waals surface area contributed by atoms with Crippen LogP contribution in [0.25, 0.3) is 10.9 Å². The molecule has 0 radical (unpaired) electrons. The Morgan fingerprint density at radius 3 is 2.75 bits per heavy atom. The molecule has 3 rings (SSSR count). The first kappa shape index (κ1) is 21.4. The Bertz CT molecular complexity index is 866. The standard InChI is InChI=1S/C21H29BrN2O3Si/c1-21(2,3)28(4,5)27-19-13-26-11-10-17(19)24-20(25)18-12-15(22)14-8-6-7-9-16(14)23-18/h6-9,12,17,19H,10-11,13H2,1-5H3,(H,24,25)/t17-,19-/m0/s1. The van der Waals surface area contributed by atoms with Gasteiger partial charge in [0.25, 0.3) is 5.91 Å². The smallest absolute Gasteiger partial charge is 0.270 e. The number of aromatic nitrogens is 1. The maximum atomic E-state index is 12.9. The normalized spacial score (nSPS) is 20.9. The zero-order valence-corrected chi connectivity index (χ0v) is 19.8. The third kappa shape index (κ3) is 4.64. The monoisotopic (exact) mass is 464 g/mol. The van der Waals surface area contributed by atoms with Crippen molar-refractivity contribution in [3.05, 3.63) is 40.5 Å². The fourth-order valence-corrected chi connectivity index (χ4v) is 4.93. The van der Waals surface area contributed by atoms with Crippen molar-refractivity contribution in [2.75, 3.05) is 13.2 Å². The summed E-state index contributed by atoms with van der Waals surface area (Å²) in [7, 11) is -1.96. The lowest BCUT2D eigenvalue weighted by Crippen LogP contribution is -2.55. The number of pyridine rings is 1. The first-order valence-corrected chi connectivity index (χ1v) is 13.4. The lowest BCUT2D eigenvalue weighted by molar-refractivity contribution is -0.0196. The Kier molecular flexibility index (Phi) is 6.29. The van der Waals surface area contributed by atoms with Gasteiger partial charge in [-0.25, -0.2) is 4.98 Å². The molecule has 2 aromatic rings. The van der Waals surface area contributed by atoms with Gasteiger partial charge in [0, 0.05) is 16.5 Å². The molecule has 0 unspecified atom stereocenters. The summed E-state index contributed by atoms with van der Waals surface area (Å²) in [5.41, 5.74) is 1.20. The molecular weight excluding hydrogens is 436 g/mol. The zero-order chi connectivity index (χ0) is 20.5. The van der Waals surface area contributed by atoms with Crippen LogP contribution in [0.5, 0.6) is 0 Å². The molecule has 1 aliphatic rings. The maximum Gasteiger partial charge on any atom is 0.270 e. The van der Waals surface area contributed by atoms with E-state index in [1.807, 2.05) is 24.3 Å². The third-order valence-corrected chi connectivity index (χ3v) is 10.9. The van der Waals surface area contributed by atoms with Gasteiger partial charge >= 0.3 is 0 Å². The third-order valence-electron chi connectivity index (χ3n) is 5.77. The Hall–Kier alpha value is -1.28. The van der Waals surface area contributed by atoms with Crippen LogP contribution in [-0.4, -0.2) is 44.6 Å². The van der Waals surface area contributed by atoms with Crippen molar-refractivity contribution < 1.29 is 14.0 Å². The lowest BCUT2D eigenvalue weighted by Gasteiger charge is -2.42. The number of carbonyl (C=O) groups excluding carboxylic acids is 1. The van der Waals surface area contributed by atoms with Crippen molar-refractivity contribution in [3.8, 4) is 0 Å². The zero-order valence-electron chi connectivity index (χ0n) is 17.2. The molecule has 0 spiro atoms. The fourth-order valence-electron chi connectivity index (χ4n) is 3.04. The van der Waals surface area contributed by atoms with Crippen LogP contribution in [0.15, 0.2) is 34.8 Å². The number of nitrogens with one attached hydrogen (secondary N) is 1. The van der Waals surface area contributed by atoms with Gasteiger partial charge in [0.15, 0.2) is 8.32 Å². The van der Waals surface area contributed by atoms with Crippen molar-refractivity contribution >= 4 is 41.1 Å². The van der Waals surface area contributed by atoms with Crippen LogP contribution in [-0.2, 0) is 9.16 Å². The Morgan fingerprint density at radius 1 is 1.32 bits per heavy atom. The summed E-state index contributed by atoms with van der Waals surface area (Å²) in [6.07, 6.45) is 0.599. The van der Waals surface area contributed by atoms with E-state index in [4.69, 9.17) is 9.16 Å². The molecule has 0 aliphatic carbocycles. The molecular formula is C21H29BrN2O3Si. The van der Waals surface area contributed by atoms with Crippen LogP contribution in [0.4, 0.5) is 0 Å². The van der Waals surface area contributed by atoms with Crippen LogP contribution in [0.2, 0.25) is 18.1 Å². The van der Waals surface area contributed by atoms with Gasteiger partial charge in [0.1, 0.15) is 5.69 Å². The molecule has 1 aromatic carbocycles. The number of fused-ring (bicyclic) bond motifs is 1. The lowest BCUT2D eigenvalue weighted by atomic mass is 10.1. The Morgan fingerprint density at radius 2 is 2.04 bits per heavy atom. The molecule has 152 valence electrons. The van der Waals surface area contributed by atoms with E-state index in [0.717, 1.165) is 21.8 Å². The number of benzene rings is 1. The summed E-state index contributed by atoms with van der Waals surface area (Å²) in [6.45, 7) is 12.2. The largest absolute Gasteiger partial charge is 0.409 e. The number of rotatable bonds is 4. The molecule has 0 saturated carbocycles. The molecule has 28 heavy (non-hydrogen) atoms. The molecule has 7 heteroatoms. The average Bonchev–Trinajstić information content (AvgIpc) is 2.62. The number of halogens is 1. The number of amides is 1. The second kappa shape index (κ2) is 8.22. The summed E-state index contributed by atoms with van der Waals surface area (Å²) >= 11 is 3.56. The SMILES string of the molecule is CC(C)(C)[Si](C)(C)O[C@H]1COCC[C@@H]1NC(=O)c1cc(Br)c2ccccc2n1. The highest BCUT2D eigenvalue weighted by molar-refractivity contribution is 9.10.